The second kappa shape index (κ2) is 12.1. The Balaban J connectivity index is 0.000000427. The third-order valence-electron chi connectivity index (χ3n) is 4.30. The van der Waals surface area contributed by atoms with E-state index in [0.29, 0.717) is 16.4 Å². The van der Waals surface area contributed by atoms with Crippen LogP contribution in [0.15, 0.2) is 36.9 Å². The molecule has 160 valence electrons. The van der Waals surface area contributed by atoms with Gasteiger partial charge in [-0.2, -0.15) is 5.10 Å². The van der Waals surface area contributed by atoms with Gasteiger partial charge >= 0.3 is 17.1 Å². The van der Waals surface area contributed by atoms with Crippen LogP contribution in [0.25, 0.3) is 5.00 Å². The van der Waals surface area contributed by atoms with E-state index in [1.165, 1.54) is 17.7 Å². The number of anilines is 1. The number of carbonyl (C=O) groups is 1. The van der Waals surface area contributed by atoms with Gasteiger partial charge in [0.25, 0.3) is 5.91 Å². The summed E-state index contributed by atoms with van der Waals surface area (Å²) in [6.07, 6.45) is 20.9. The number of ether oxygens (including phenoxy) is 1. The van der Waals surface area contributed by atoms with Crippen molar-refractivity contribution < 1.29 is 26.6 Å². The molecule has 5 rings (SSSR count). The number of benzene rings is 1. The van der Waals surface area contributed by atoms with E-state index in [2.05, 4.69) is 20.4 Å². The summed E-state index contributed by atoms with van der Waals surface area (Å²) >= 11 is 1.34. The zero-order valence-electron chi connectivity index (χ0n) is 17.0. The van der Waals surface area contributed by atoms with Crippen molar-refractivity contribution in [2.24, 2.45) is 0 Å². The van der Waals surface area contributed by atoms with Crippen LogP contribution in [-0.2, 0) is 17.1 Å². The topological polar surface area (TPSA) is 81.9 Å². The molecule has 3 aromatic rings. The average molecular weight is 485 g/mol. The number of aromatic nitrogens is 4. The Hall–Kier alpha value is -2.22. The van der Waals surface area contributed by atoms with Crippen LogP contribution < -0.4 is 10.1 Å². The maximum atomic E-state index is 12.5. The molecule has 0 atom stereocenters. The molecule has 2 fully saturated rings. The van der Waals surface area contributed by atoms with Gasteiger partial charge in [0.15, 0.2) is 5.13 Å². The van der Waals surface area contributed by atoms with Crippen LogP contribution in [0.3, 0.4) is 0 Å². The average Bonchev–Trinajstić information content (AvgIpc) is 3.60. The SMILES string of the molecule is COc1ccc(C(=O)Nc2nc([C]3[CH][CH][CH][CH]3)c(-n3cncn3)s2)cc1.[CH]1[CH][CH][CH][CH]1.[Fe+2]. The van der Waals surface area contributed by atoms with Crippen LogP contribution in [0.1, 0.15) is 16.1 Å². The van der Waals surface area contributed by atoms with Crippen LogP contribution in [0, 0.1) is 63.7 Å². The minimum absolute atomic E-state index is 0. The number of nitrogens with zero attached hydrogens (tertiary/aromatic N) is 4. The van der Waals surface area contributed by atoms with E-state index >= 15 is 0 Å². The number of nitrogens with one attached hydrogen (secondary N) is 1. The van der Waals surface area contributed by atoms with Gasteiger partial charge in [0.1, 0.15) is 23.4 Å². The second-order valence-corrected chi connectivity index (χ2v) is 7.31. The first-order valence-electron chi connectivity index (χ1n) is 9.44. The molecular weight excluding hydrogens is 466 g/mol. The van der Waals surface area contributed by atoms with Crippen molar-refractivity contribution >= 4 is 22.4 Å². The standard InChI is InChI=1S/C18H14N5O2S.C5H5.Fe/c1-25-14-8-6-13(7-9-14)16(24)22-18-21-15(12-4-2-3-5-12)17(26-18)23-11-19-10-20-23;1-2-4-5-3-1;/h2-11H,1H3,(H,21,22,24);1-5H;/q;;+2. The van der Waals surface area contributed by atoms with Crippen LogP contribution in [-0.4, -0.2) is 32.8 Å². The van der Waals surface area contributed by atoms with E-state index in [0.717, 1.165) is 16.6 Å². The molecule has 2 aliphatic rings. The fraction of sp³-hybridized carbons (Fsp3) is 0.0435. The van der Waals surface area contributed by atoms with Gasteiger partial charge in [-0.25, -0.2) is 14.6 Å². The Morgan fingerprint density at radius 2 is 1.66 bits per heavy atom. The Morgan fingerprint density at radius 1 is 1.00 bits per heavy atom. The van der Waals surface area contributed by atoms with E-state index in [1.54, 1.807) is 42.4 Å². The number of methoxy groups -OCH3 is 1. The molecule has 9 heteroatoms. The minimum atomic E-state index is -0.236. The summed E-state index contributed by atoms with van der Waals surface area (Å²) in [4.78, 5) is 21.1. The molecule has 2 saturated carbocycles. The molecule has 0 spiro atoms. The number of carbonyl (C=O) groups excluding carboxylic acids is 1. The largest absolute Gasteiger partial charge is 2.00 e. The van der Waals surface area contributed by atoms with Crippen molar-refractivity contribution in [1.82, 2.24) is 19.7 Å². The molecule has 2 heterocycles. The number of amides is 1. The van der Waals surface area contributed by atoms with Gasteiger partial charge in [-0.3, -0.25) is 10.1 Å². The van der Waals surface area contributed by atoms with E-state index in [-0.39, 0.29) is 23.0 Å². The van der Waals surface area contributed by atoms with E-state index in [1.807, 2.05) is 57.8 Å². The van der Waals surface area contributed by atoms with Gasteiger partial charge in [0.05, 0.1) is 12.8 Å². The quantitative estimate of drug-likeness (QED) is 0.557. The van der Waals surface area contributed by atoms with Gasteiger partial charge in [-0.05, 0) is 82.1 Å². The van der Waals surface area contributed by atoms with Crippen LogP contribution in [0.4, 0.5) is 5.13 Å². The fourth-order valence-electron chi connectivity index (χ4n) is 2.79. The van der Waals surface area contributed by atoms with Crippen LogP contribution >= 0.6 is 11.3 Å². The number of thiazole rings is 1. The van der Waals surface area contributed by atoms with Gasteiger partial charge in [0, 0.05) is 11.5 Å². The van der Waals surface area contributed by atoms with E-state index < -0.39 is 0 Å². The summed E-state index contributed by atoms with van der Waals surface area (Å²) < 4.78 is 6.75. The van der Waals surface area contributed by atoms with Crippen molar-refractivity contribution in [3.63, 3.8) is 0 Å². The van der Waals surface area contributed by atoms with Crippen LogP contribution in [0.5, 0.6) is 5.75 Å². The summed E-state index contributed by atoms with van der Waals surface area (Å²) in [6.45, 7) is 0. The molecule has 1 aromatic carbocycles. The van der Waals surface area contributed by atoms with E-state index in [4.69, 9.17) is 4.74 Å². The van der Waals surface area contributed by atoms with Gasteiger partial charge < -0.3 is 4.74 Å². The molecular formula is C23H19FeN5O2S+2. The van der Waals surface area contributed by atoms with Gasteiger partial charge in [0.2, 0.25) is 0 Å². The van der Waals surface area contributed by atoms with Crippen molar-refractivity contribution in [1.29, 1.82) is 0 Å². The fourth-order valence-corrected chi connectivity index (χ4v) is 3.70. The first-order chi connectivity index (χ1) is 15.2. The molecule has 32 heavy (non-hydrogen) atoms. The van der Waals surface area contributed by atoms with Crippen molar-refractivity contribution in [2.45, 2.75) is 0 Å². The first kappa shape index (κ1) is 24.4. The van der Waals surface area contributed by atoms with Crippen molar-refractivity contribution in [2.75, 3.05) is 12.4 Å². The van der Waals surface area contributed by atoms with Crippen molar-refractivity contribution in [3.05, 3.63) is 112 Å². The molecule has 7 nitrogen and oxygen atoms in total. The minimum Gasteiger partial charge on any atom is -0.497 e. The molecule has 0 bridgehead atoms. The first-order valence-corrected chi connectivity index (χ1v) is 10.3. The Labute approximate surface area is 203 Å². The number of hydrogen-bond acceptors (Lipinski definition) is 6. The molecule has 0 saturated heterocycles. The van der Waals surface area contributed by atoms with Crippen LogP contribution in [0.2, 0.25) is 0 Å². The smallest absolute Gasteiger partial charge is 0.497 e. The summed E-state index contributed by atoms with van der Waals surface area (Å²) in [5.74, 6) is 1.42. The maximum Gasteiger partial charge on any atom is 2.00 e. The normalized spacial score (nSPS) is 15.5. The molecule has 2 aliphatic carbocycles. The molecule has 2 aromatic heterocycles. The Bertz CT molecular complexity index is 957. The molecule has 10 radical (unpaired) electrons. The Morgan fingerprint density at radius 3 is 2.22 bits per heavy atom. The molecule has 0 aliphatic heterocycles. The summed E-state index contributed by atoms with van der Waals surface area (Å²) in [7, 11) is 1.58. The molecule has 0 unspecified atom stereocenters. The number of rotatable bonds is 5. The zero-order chi connectivity index (χ0) is 21.5. The molecule has 1 N–H and O–H groups in total. The maximum absolute atomic E-state index is 12.5. The number of hydrogen-bond donors (Lipinski definition) is 1. The second-order valence-electron chi connectivity index (χ2n) is 6.33. The monoisotopic (exact) mass is 485 g/mol. The van der Waals surface area contributed by atoms with Gasteiger partial charge in [-0.15, -0.1) is 0 Å². The zero-order valence-corrected chi connectivity index (χ0v) is 18.9. The predicted octanol–water partition coefficient (Wildman–Crippen LogP) is 3.76. The third kappa shape index (κ3) is 6.18. The predicted molar refractivity (Wildman–Crippen MR) is 119 cm³/mol. The summed E-state index contributed by atoms with van der Waals surface area (Å²) in [5.41, 5.74) is 1.27. The van der Waals surface area contributed by atoms with E-state index in [9.17, 15) is 4.79 Å². The third-order valence-corrected chi connectivity index (χ3v) is 5.26. The summed E-state index contributed by atoms with van der Waals surface area (Å²) in [6, 6.07) is 6.90. The van der Waals surface area contributed by atoms with Gasteiger partial charge in [-0.1, -0.05) is 11.3 Å². The van der Waals surface area contributed by atoms with Crippen molar-refractivity contribution in [3.8, 4) is 10.8 Å². The molecule has 1 amide bonds. The Kier molecular flexibility index (Phi) is 9.26. The summed E-state index contributed by atoms with van der Waals surface area (Å²) in [5, 5.41) is 8.31.